The lowest BCUT2D eigenvalue weighted by Gasteiger charge is -2.19. The average molecular weight is 504 g/mol. The molecule has 0 spiro atoms. The molecule has 0 amide bonds. The average Bonchev–Trinajstić information content (AvgIpc) is 3.40. The molecule has 12 heteroatoms. The molecule has 0 bridgehead atoms. The molecule has 1 saturated heterocycles. The van der Waals surface area contributed by atoms with Gasteiger partial charge < -0.3 is 36.1 Å². The monoisotopic (exact) mass is 503 g/mol. The second-order valence-corrected chi connectivity index (χ2v) is 8.96. The minimum Gasteiger partial charge on any atom is -0.496 e. The fourth-order valence-electron chi connectivity index (χ4n) is 4.44. The highest BCUT2D eigenvalue weighted by Gasteiger charge is 2.25. The van der Waals surface area contributed by atoms with E-state index in [2.05, 4.69) is 32.6 Å². The Balaban J connectivity index is 1.61. The summed E-state index contributed by atoms with van der Waals surface area (Å²) < 4.78 is 27.2. The fourth-order valence-corrected chi connectivity index (χ4v) is 4.44. The number of nitrogens with one attached hydrogen (secondary N) is 2. The molecule has 1 aliphatic rings. The van der Waals surface area contributed by atoms with Crippen molar-refractivity contribution in [3.63, 3.8) is 0 Å². The maximum absolute atomic E-state index is 14.8. The first-order chi connectivity index (χ1) is 17.4. The largest absolute Gasteiger partial charge is 0.496 e. The molecule has 11 nitrogen and oxygen atoms in total. The number of fused-ring (bicyclic) bond motifs is 1. The number of methoxy groups -OCH3 is 1. The second kappa shape index (κ2) is 11.8. The van der Waals surface area contributed by atoms with Crippen molar-refractivity contribution in [2.75, 3.05) is 38.0 Å². The summed E-state index contributed by atoms with van der Waals surface area (Å²) in [7, 11) is 1.58. The van der Waals surface area contributed by atoms with Gasteiger partial charge in [0.25, 0.3) is 5.95 Å². The van der Waals surface area contributed by atoms with E-state index in [9.17, 15) is 14.6 Å². The highest BCUT2D eigenvalue weighted by molar-refractivity contribution is 5.87. The SMILES string of the molecule is CCCC(CCO)Nc1nc(N)nc2c(F)nn(Cc3ccc(CN[C@H]4COC[C@@H]4O)cc3OC)c12. The van der Waals surface area contributed by atoms with E-state index in [1.165, 1.54) is 4.68 Å². The maximum Gasteiger partial charge on any atom is 0.259 e. The lowest BCUT2D eigenvalue weighted by atomic mass is 10.1. The van der Waals surface area contributed by atoms with E-state index in [-0.39, 0.29) is 36.7 Å². The summed E-state index contributed by atoms with van der Waals surface area (Å²) in [6.07, 6.45) is 1.70. The Labute approximate surface area is 208 Å². The summed E-state index contributed by atoms with van der Waals surface area (Å²) in [4.78, 5) is 8.39. The molecule has 196 valence electrons. The van der Waals surface area contributed by atoms with Crippen LogP contribution in [0.5, 0.6) is 5.75 Å². The van der Waals surface area contributed by atoms with Crippen LogP contribution in [0.1, 0.15) is 37.3 Å². The Hall–Kier alpha value is -3.06. The molecule has 4 rings (SSSR count). The number of nitrogens with two attached hydrogens (primary N) is 1. The van der Waals surface area contributed by atoms with Gasteiger partial charge in [-0.1, -0.05) is 25.5 Å². The molecule has 0 saturated carbocycles. The Morgan fingerprint density at radius 2 is 2.14 bits per heavy atom. The van der Waals surface area contributed by atoms with E-state index in [1.807, 2.05) is 18.2 Å². The third-order valence-corrected chi connectivity index (χ3v) is 6.31. The van der Waals surface area contributed by atoms with Crippen LogP contribution in [0.3, 0.4) is 0 Å². The van der Waals surface area contributed by atoms with Gasteiger partial charge >= 0.3 is 0 Å². The molecule has 1 aromatic carbocycles. The fraction of sp³-hybridized carbons (Fsp3) is 0.542. The molecule has 6 N–H and O–H groups in total. The predicted molar refractivity (Wildman–Crippen MR) is 133 cm³/mol. The molecule has 0 radical (unpaired) electrons. The van der Waals surface area contributed by atoms with E-state index in [1.54, 1.807) is 7.11 Å². The number of rotatable bonds is 12. The number of aromatic nitrogens is 4. The highest BCUT2D eigenvalue weighted by atomic mass is 19.1. The van der Waals surface area contributed by atoms with Gasteiger partial charge in [-0.25, -0.2) is 4.98 Å². The zero-order chi connectivity index (χ0) is 25.7. The van der Waals surface area contributed by atoms with Crippen LogP contribution in [-0.2, 0) is 17.8 Å². The number of ether oxygens (including phenoxy) is 2. The summed E-state index contributed by atoms with van der Waals surface area (Å²) in [5.74, 6) is 0.193. The molecule has 1 aliphatic heterocycles. The van der Waals surface area contributed by atoms with Gasteiger partial charge in [-0.3, -0.25) is 4.68 Å². The van der Waals surface area contributed by atoms with Crippen LogP contribution in [-0.4, -0.2) is 75.1 Å². The van der Waals surface area contributed by atoms with Crippen molar-refractivity contribution in [2.24, 2.45) is 0 Å². The molecule has 1 unspecified atom stereocenters. The minimum absolute atomic E-state index is 0.0140. The zero-order valence-electron chi connectivity index (χ0n) is 20.6. The minimum atomic E-state index is -0.742. The van der Waals surface area contributed by atoms with Crippen molar-refractivity contribution in [3.8, 4) is 5.75 Å². The summed E-state index contributed by atoms with van der Waals surface area (Å²) in [6.45, 7) is 3.61. The molecular weight excluding hydrogens is 469 g/mol. The summed E-state index contributed by atoms with van der Waals surface area (Å²) in [6, 6.07) is 5.57. The number of aliphatic hydroxyl groups is 2. The van der Waals surface area contributed by atoms with Crippen molar-refractivity contribution in [2.45, 2.75) is 57.5 Å². The second-order valence-electron chi connectivity index (χ2n) is 8.96. The van der Waals surface area contributed by atoms with Crippen molar-refractivity contribution in [3.05, 3.63) is 35.3 Å². The van der Waals surface area contributed by atoms with E-state index in [0.717, 1.165) is 24.0 Å². The van der Waals surface area contributed by atoms with Crippen molar-refractivity contribution < 1.29 is 24.1 Å². The van der Waals surface area contributed by atoms with Crippen LogP contribution in [0.2, 0.25) is 0 Å². The number of benzene rings is 1. The number of anilines is 2. The van der Waals surface area contributed by atoms with Crippen molar-refractivity contribution >= 4 is 22.8 Å². The smallest absolute Gasteiger partial charge is 0.259 e. The van der Waals surface area contributed by atoms with E-state index in [0.29, 0.717) is 43.3 Å². The van der Waals surface area contributed by atoms with Crippen molar-refractivity contribution in [1.82, 2.24) is 25.1 Å². The standard InChI is InChI=1S/C24H34FN7O4/c1-3-4-16(7-8-33)28-23-21-20(29-24(26)30-23)22(25)31-32(21)11-15-6-5-14(9-19(15)35-2)10-27-17-12-36-13-18(17)34/h5-6,9,16-18,27,33-34H,3-4,7-8,10-13H2,1-2H3,(H3,26,28,29,30)/t16?,17-,18-/m0/s1. The number of hydrogen-bond acceptors (Lipinski definition) is 10. The Kier molecular flexibility index (Phi) is 8.52. The number of halogens is 1. The highest BCUT2D eigenvalue weighted by Crippen LogP contribution is 2.28. The number of nitrogens with zero attached hydrogens (tertiary/aromatic N) is 4. The van der Waals surface area contributed by atoms with E-state index < -0.39 is 12.1 Å². The lowest BCUT2D eigenvalue weighted by molar-refractivity contribution is 0.122. The molecule has 3 heterocycles. The molecule has 1 fully saturated rings. The summed E-state index contributed by atoms with van der Waals surface area (Å²) in [5, 5.41) is 30.0. The molecule has 0 aliphatic carbocycles. The maximum atomic E-state index is 14.8. The van der Waals surface area contributed by atoms with Gasteiger partial charge in [-0.05, 0) is 24.5 Å². The zero-order valence-corrected chi connectivity index (χ0v) is 20.6. The Bertz CT molecular complexity index is 1170. The van der Waals surface area contributed by atoms with Crippen LogP contribution < -0.4 is 21.1 Å². The van der Waals surface area contributed by atoms with Gasteiger partial charge in [0.05, 0.1) is 39.0 Å². The van der Waals surface area contributed by atoms with E-state index in [4.69, 9.17) is 15.2 Å². The number of nitrogen functional groups attached to an aromatic ring is 1. The number of aliphatic hydroxyl groups excluding tert-OH is 2. The summed E-state index contributed by atoms with van der Waals surface area (Å²) in [5.41, 5.74) is 8.04. The Morgan fingerprint density at radius 1 is 1.31 bits per heavy atom. The van der Waals surface area contributed by atoms with Crippen LogP contribution in [0.4, 0.5) is 16.2 Å². The van der Waals surface area contributed by atoms with Crippen LogP contribution >= 0.6 is 0 Å². The van der Waals surface area contributed by atoms with Gasteiger partial charge in [0, 0.05) is 24.8 Å². The normalized spacial score (nSPS) is 18.6. The van der Waals surface area contributed by atoms with Crippen LogP contribution in [0.15, 0.2) is 18.2 Å². The topological polar surface area (TPSA) is 153 Å². The Morgan fingerprint density at radius 3 is 2.83 bits per heavy atom. The van der Waals surface area contributed by atoms with Crippen LogP contribution in [0.25, 0.3) is 11.0 Å². The van der Waals surface area contributed by atoms with Crippen LogP contribution in [0, 0.1) is 5.95 Å². The molecule has 3 aromatic rings. The first-order valence-electron chi connectivity index (χ1n) is 12.1. The molecule has 36 heavy (non-hydrogen) atoms. The molecule has 3 atom stereocenters. The van der Waals surface area contributed by atoms with Gasteiger partial charge in [0.2, 0.25) is 5.95 Å². The third kappa shape index (κ3) is 5.84. The van der Waals surface area contributed by atoms with Gasteiger partial charge in [-0.2, -0.15) is 9.37 Å². The lowest BCUT2D eigenvalue weighted by Crippen LogP contribution is -2.38. The molecular formula is C24H34FN7O4. The van der Waals surface area contributed by atoms with Gasteiger partial charge in [0.15, 0.2) is 11.3 Å². The quantitative estimate of drug-likeness (QED) is 0.245. The molecule has 2 aromatic heterocycles. The summed E-state index contributed by atoms with van der Waals surface area (Å²) >= 11 is 0. The first-order valence-corrected chi connectivity index (χ1v) is 12.1. The van der Waals surface area contributed by atoms with E-state index >= 15 is 0 Å². The first kappa shape index (κ1) is 26.0. The van der Waals surface area contributed by atoms with Gasteiger partial charge in [-0.15, -0.1) is 5.10 Å². The van der Waals surface area contributed by atoms with Crippen molar-refractivity contribution in [1.29, 1.82) is 0 Å². The van der Waals surface area contributed by atoms with Gasteiger partial charge in [0.1, 0.15) is 11.3 Å². The number of hydrogen-bond donors (Lipinski definition) is 5. The third-order valence-electron chi connectivity index (χ3n) is 6.31. The predicted octanol–water partition coefficient (Wildman–Crippen LogP) is 1.42.